The number of aliphatic carboxylic acids is 1. The average molecular weight is 798 g/mol. The van der Waals surface area contributed by atoms with E-state index in [2.05, 4.69) is 62.5 Å². The fourth-order valence-electron chi connectivity index (χ4n) is 5.65. The molecule has 0 heterocycles. The number of carbonyl (C=O) groups excluding carboxylic acids is 1. The summed E-state index contributed by atoms with van der Waals surface area (Å²) in [6.07, 6.45) is 46.0. The number of nitrogens with two attached hydrogens (primary N) is 1. The first-order valence-corrected chi connectivity index (χ1v) is 23.2. The third-order valence-corrected chi connectivity index (χ3v) is 10.0. The van der Waals surface area contributed by atoms with E-state index in [0.717, 1.165) is 77.0 Å². The molecule has 0 fully saturated rings. The van der Waals surface area contributed by atoms with Gasteiger partial charge in [0.1, 0.15) is 12.1 Å². The van der Waals surface area contributed by atoms with Gasteiger partial charge in [0, 0.05) is 13.0 Å². The van der Waals surface area contributed by atoms with Gasteiger partial charge in [0.2, 0.25) is 0 Å². The third-order valence-electron chi connectivity index (χ3n) is 9.08. The van der Waals surface area contributed by atoms with Crippen molar-refractivity contribution in [3.05, 3.63) is 48.6 Å². The summed E-state index contributed by atoms with van der Waals surface area (Å²) in [6, 6.07) is -1.48. The topological polar surface area (TPSA) is 155 Å². The highest BCUT2D eigenvalue weighted by atomic mass is 31.2. The van der Waals surface area contributed by atoms with Crippen molar-refractivity contribution >= 4 is 19.8 Å². The number of hydrogen-bond donors (Lipinski definition) is 3. The molecule has 0 aliphatic carbocycles. The SMILES string of the molecule is CCCC/C=C\CCCCCCCC(=O)OC(COCCCCCCCCC/C=C\C/C=C\C/C=C\CCCCCCC)COP(=O)(O)OCC(N)C(=O)O. The maximum Gasteiger partial charge on any atom is 0.472 e. The van der Waals surface area contributed by atoms with Crippen LogP contribution < -0.4 is 5.73 Å². The number of phosphoric acid groups is 1. The van der Waals surface area contributed by atoms with Gasteiger partial charge >= 0.3 is 19.8 Å². The molecule has 0 aromatic heterocycles. The second kappa shape index (κ2) is 40.1. The predicted molar refractivity (Wildman–Crippen MR) is 226 cm³/mol. The summed E-state index contributed by atoms with van der Waals surface area (Å²) in [5.41, 5.74) is 5.35. The Labute approximate surface area is 335 Å². The molecule has 0 aromatic rings. The Kier molecular flexibility index (Phi) is 38.6. The standard InChI is InChI=1S/C44H80NO9P/c1-3-5-7-9-11-13-15-16-17-18-19-20-21-22-23-24-25-27-29-31-33-35-37-51-38-41(39-52-55(49,50)53-40-42(45)44(47)48)54-43(46)36-34-32-30-28-26-14-12-10-8-6-4-2/h10,12,15-16,18-19,21-22,41-42H,3-9,11,13-14,17,20,23-40,45H2,1-2H3,(H,47,48)(H,49,50)/b12-10-,16-15-,19-18-,22-21-. The number of phosphoric ester groups is 1. The zero-order chi connectivity index (χ0) is 40.5. The fraction of sp³-hybridized carbons (Fsp3) is 0.773. The monoisotopic (exact) mass is 798 g/mol. The van der Waals surface area contributed by atoms with Gasteiger partial charge in [0.25, 0.3) is 0 Å². The molecule has 0 spiro atoms. The summed E-state index contributed by atoms with van der Waals surface area (Å²) in [4.78, 5) is 33.4. The molecule has 0 aliphatic rings. The lowest BCUT2D eigenvalue weighted by atomic mass is 10.1. The van der Waals surface area contributed by atoms with E-state index < -0.39 is 45.1 Å². The number of carbonyl (C=O) groups is 2. The van der Waals surface area contributed by atoms with Crippen molar-refractivity contribution in [3.8, 4) is 0 Å². The second-order valence-corrected chi connectivity index (χ2v) is 15.9. The molecule has 0 amide bonds. The molecule has 3 atom stereocenters. The maximum absolute atomic E-state index is 12.6. The third kappa shape index (κ3) is 39.9. The van der Waals surface area contributed by atoms with Gasteiger partial charge in [-0.1, -0.05) is 152 Å². The van der Waals surface area contributed by atoms with E-state index >= 15 is 0 Å². The molecule has 0 aromatic carbocycles. The van der Waals surface area contributed by atoms with Gasteiger partial charge in [-0.15, -0.1) is 0 Å². The molecule has 55 heavy (non-hydrogen) atoms. The van der Waals surface area contributed by atoms with Crippen molar-refractivity contribution in [2.24, 2.45) is 5.73 Å². The molecule has 0 rings (SSSR count). The fourth-order valence-corrected chi connectivity index (χ4v) is 6.43. The van der Waals surface area contributed by atoms with Crippen LogP contribution in [-0.4, -0.2) is 60.5 Å². The second-order valence-electron chi connectivity index (χ2n) is 14.5. The van der Waals surface area contributed by atoms with Crippen molar-refractivity contribution in [1.82, 2.24) is 0 Å². The van der Waals surface area contributed by atoms with Crippen LogP contribution in [0.15, 0.2) is 48.6 Å². The number of esters is 1. The van der Waals surface area contributed by atoms with Crippen molar-refractivity contribution in [1.29, 1.82) is 0 Å². The summed E-state index contributed by atoms with van der Waals surface area (Å²) in [7, 11) is -4.62. The number of rotatable bonds is 41. The maximum atomic E-state index is 12.6. The van der Waals surface area contributed by atoms with Crippen LogP contribution in [0.3, 0.4) is 0 Å². The van der Waals surface area contributed by atoms with Gasteiger partial charge in [-0.3, -0.25) is 18.6 Å². The van der Waals surface area contributed by atoms with Gasteiger partial charge in [0.05, 0.1) is 19.8 Å². The Morgan fingerprint density at radius 1 is 0.582 bits per heavy atom. The molecule has 0 radical (unpaired) electrons. The minimum Gasteiger partial charge on any atom is -0.480 e. The van der Waals surface area contributed by atoms with Gasteiger partial charge in [-0.05, 0) is 70.6 Å². The van der Waals surface area contributed by atoms with Crippen molar-refractivity contribution in [2.45, 2.75) is 193 Å². The number of carboxylic acid groups (broad SMARTS) is 1. The van der Waals surface area contributed by atoms with Crippen LogP contribution in [0.2, 0.25) is 0 Å². The van der Waals surface area contributed by atoms with Gasteiger partial charge in [-0.25, -0.2) is 4.57 Å². The Hall–Kier alpha value is -2.07. The van der Waals surface area contributed by atoms with Crippen LogP contribution in [0, 0.1) is 0 Å². The van der Waals surface area contributed by atoms with E-state index in [9.17, 15) is 19.0 Å². The van der Waals surface area contributed by atoms with Crippen molar-refractivity contribution < 1.29 is 42.7 Å². The van der Waals surface area contributed by atoms with Crippen LogP contribution in [0.5, 0.6) is 0 Å². The largest absolute Gasteiger partial charge is 0.480 e. The van der Waals surface area contributed by atoms with E-state index in [1.807, 2.05) is 0 Å². The average Bonchev–Trinajstić information content (AvgIpc) is 3.16. The summed E-state index contributed by atoms with van der Waals surface area (Å²) >= 11 is 0. The summed E-state index contributed by atoms with van der Waals surface area (Å²) < 4.78 is 33.3. The van der Waals surface area contributed by atoms with E-state index in [1.165, 1.54) is 77.0 Å². The lowest BCUT2D eigenvalue weighted by Gasteiger charge is -2.20. The van der Waals surface area contributed by atoms with E-state index in [1.54, 1.807) is 0 Å². The Morgan fingerprint density at radius 3 is 1.56 bits per heavy atom. The van der Waals surface area contributed by atoms with E-state index in [0.29, 0.717) is 13.0 Å². The van der Waals surface area contributed by atoms with Crippen LogP contribution in [0.4, 0.5) is 0 Å². The Balaban J connectivity index is 4.20. The Morgan fingerprint density at radius 2 is 1.02 bits per heavy atom. The number of unbranched alkanes of at least 4 members (excludes halogenated alkanes) is 19. The molecule has 0 bridgehead atoms. The lowest BCUT2D eigenvalue weighted by Crippen LogP contribution is -2.34. The molecule has 10 nitrogen and oxygen atoms in total. The number of hydrogen-bond acceptors (Lipinski definition) is 8. The van der Waals surface area contributed by atoms with Crippen LogP contribution in [0.25, 0.3) is 0 Å². The first kappa shape index (κ1) is 52.9. The molecule has 0 saturated carbocycles. The molecular formula is C44H80NO9P. The minimum absolute atomic E-state index is 0.00572. The number of ether oxygens (including phenoxy) is 2. The number of carboxylic acids is 1. The van der Waals surface area contributed by atoms with Crippen molar-refractivity contribution in [2.75, 3.05) is 26.4 Å². The molecule has 3 unspecified atom stereocenters. The van der Waals surface area contributed by atoms with Gasteiger partial charge < -0.3 is 25.2 Å². The zero-order valence-electron chi connectivity index (χ0n) is 34.8. The van der Waals surface area contributed by atoms with Crippen molar-refractivity contribution in [3.63, 3.8) is 0 Å². The molecule has 11 heteroatoms. The van der Waals surface area contributed by atoms with Crippen LogP contribution in [-0.2, 0) is 32.7 Å². The van der Waals surface area contributed by atoms with Crippen LogP contribution in [0.1, 0.15) is 181 Å². The minimum atomic E-state index is -4.62. The molecule has 0 aliphatic heterocycles. The van der Waals surface area contributed by atoms with Crippen LogP contribution >= 0.6 is 7.82 Å². The van der Waals surface area contributed by atoms with E-state index in [4.69, 9.17) is 29.4 Å². The van der Waals surface area contributed by atoms with Gasteiger partial charge in [-0.2, -0.15) is 0 Å². The van der Waals surface area contributed by atoms with E-state index in [-0.39, 0.29) is 13.0 Å². The molecule has 320 valence electrons. The lowest BCUT2D eigenvalue weighted by molar-refractivity contribution is -0.154. The van der Waals surface area contributed by atoms with Gasteiger partial charge in [0.15, 0.2) is 0 Å². The molecule has 4 N–H and O–H groups in total. The molecular weight excluding hydrogens is 717 g/mol. The highest BCUT2D eigenvalue weighted by Gasteiger charge is 2.27. The number of allylic oxidation sites excluding steroid dienone is 8. The first-order chi connectivity index (χ1) is 26.7. The highest BCUT2D eigenvalue weighted by molar-refractivity contribution is 7.47. The normalized spacial score (nSPS) is 14.4. The summed E-state index contributed by atoms with van der Waals surface area (Å²) in [5, 5.41) is 8.88. The highest BCUT2D eigenvalue weighted by Crippen LogP contribution is 2.43. The smallest absolute Gasteiger partial charge is 0.472 e. The zero-order valence-corrected chi connectivity index (χ0v) is 35.7. The molecule has 0 saturated heterocycles. The predicted octanol–water partition coefficient (Wildman–Crippen LogP) is 11.9. The quantitative estimate of drug-likeness (QED) is 0.0236. The first-order valence-electron chi connectivity index (χ1n) is 21.7. The Bertz CT molecular complexity index is 1060. The summed E-state index contributed by atoms with van der Waals surface area (Å²) in [5.74, 6) is -1.80. The summed E-state index contributed by atoms with van der Waals surface area (Å²) in [6.45, 7) is 3.79.